The molecular formula is C13H18FNO3. The Bertz CT molecular complexity index is 396. The first-order chi connectivity index (χ1) is 8.65. The summed E-state index contributed by atoms with van der Waals surface area (Å²) in [4.78, 5) is 11.6. The number of benzene rings is 1. The predicted molar refractivity (Wildman–Crippen MR) is 66.1 cm³/mol. The Labute approximate surface area is 106 Å². The molecule has 0 aromatic heterocycles. The van der Waals surface area contributed by atoms with E-state index >= 15 is 0 Å². The van der Waals surface area contributed by atoms with E-state index < -0.39 is 11.7 Å². The fourth-order valence-corrected chi connectivity index (χ4v) is 1.41. The third-order valence-electron chi connectivity index (χ3n) is 2.30. The van der Waals surface area contributed by atoms with Gasteiger partial charge in [-0.2, -0.15) is 0 Å². The summed E-state index contributed by atoms with van der Waals surface area (Å²) in [6.07, 6.45) is 1.64. The molecule has 0 aliphatic carbocycles. The van der Waals surface area contributed by atoms with Gasteiger partial charge in [-0.1, -0.05) is 6.92 Å². The van der Waals surface area contributed by atoms with Crippen molar-refractivity contribution in [1.82, 2.24) is 5.32 Å². The summed E-state index contributed by atoms with van der Waals surface area (Å²) in [7, 11) is 0. The first kappa shape index (κ1) is 14.4. The van der Waals surface area contributed by atoms with Crippen LogP contribution in [0.4, 0.5) is 4.39 Å². The Morgan fingerprint density at radius 3 is 2.94 bits per heavy atom. The number of ether oxygens (including phenoxy) is 1. The topological polar surface area (TPSA) is 58.6 Å². The highest BCUT2D eigenvalue weighted by molar-refractivity contribution is 5.96. The van der Waals surface area contributed by atoms with Crippen molar-refractivity contribution >= 4 is 5.91 Å². The van der Waals surface area contributed by atoms with Crippen molar-refractivity contribution in [2.75, 3.05) is 19.8 Å². The van der Waals surface area contributed by atoms with Gasteiger partial charge in [0.15, 0.2) is 0 Å². The van der Waals surface area contributed by atoms with Gasteiger partial charge in [-0.05, 0) is 31.0 Å². The number of rotatable bonds is 7. The Morgan fingerprint density at radius 1 is 1.44 bits per heavy atom. The number of halogens is 1. The average Bonchev–Trinajstić information content (AvgIpc) is 2.36. The van der Waals surface area contributed by atoms with Crippen molar-refractivity contribution in [3.8, 4) is 5.75 Å². The van der Waals surface area contributed by atoms with Gasteiger partial charge in [-0.3, -0.25) is 4.79 Å². The maximum Gasteiger partial charge on any atom is 0.255 e. The van der Waals surface area contributed by atoms with E-state index in [1.54, 1.807) is 0 Å². The molecule has 1 aromatic carbocycles. The smallest absolute Gasteiger partial charge is 0.255 e. The number of hydrogen-bond acceptors (Lipinski definition) is 3. The van der Waals surface area contributed by atoms with Crippen molar-refractivity contribution in [1.29, 1.82) is 0 Å². The van der Waals surface area contributed by atoms with Crippen molar-refractivity contribution in [2.45, 2.75) is 19.8 Å². The molecule has 0 atom stereocenters. The molecule has 1 rings (SSSR count). The minimum Gasteiger partial charge on any atom is -0.507 e. The quantitative estimate of drug-likeness (QED) is 0.733. The monoisotopic (exact) mass is 255 g/mol. The van der Waals surface area contributed by atoms with Crippen molar-refractivity contribution in [2.24, 2.45) is 0 Å². The zero-order valence-corrected chi connectivity index (χ0v) is 10.4. The molecule has 4 nitrogen and oxygen atoms in total. The summed E-state index contributed by atoms with van der Waals surface area (Å²) in [6.45, 7) is 3.73. The van der Waals surface area contributed by atoms with Gasteiger partial charge < -0.3 is 15.2 Å². The third-order valence-corrected chi connectivity index (χ3v) is 2.30. The largest absolute Gasteiger partial charge is 0.507 e. The number of amides is 1. The van der Waals surface area contributed by atoms with E-state index in [0.717, 1.165) is 24.6 Å². The highest BCUT2D eigenvalue weighted by Gasteiger charge is 2.11. The second kappa shape index (κ2) is 7.66. The molecule has 0 bridgehead atoms. The molecular weight excluding hydrogens is 237 g/mol. The van der Waals surface area contributed by atoms with Crippen LogP contribution in [0.2, 0.25) is 0 Å². The summed E-state index contributed by atoms with van der Waals surface area (Å²) in [5.74, 6) is -1.26. The number of carbonyl (C=O) groups is 1. The highest BCUT2D eigenvalue weighted by Crippen LogP contribution is 2.17. The summed E-state index contributed by atoms with van der Waals surface area (Å²) >= 11 is 0. The molecule has 0 aliphatic heterocycles. The van der Waals surface area contributed by atoms with E-state index in [9.17, 15) is 14.3 Å². The molecule has 5 heteroatoms. The molecule has 1 amide bonds. The second-order valence-corrected chi connectivity index (χ2v) is 3.88. The number of carbonyl (C=O) groups excluding carboxylic acids is 1. The van der Waals surface area contributed by atoms with Crippen LogP contribution in [0.3, 0.4) is 0 Å². The molecule has 0 radical (unpaired) electrons. The van der Waals surface area contributed by atoms with Gasteiger partial charge in [0.25, 0.3) is 5.91 Å². The van der Waals surface area contributed by atoms with E-state index in [2.05, 4.69) is 5.32 Å². The number of phenolic OH excluding ortho intramolecular Hbond substituents is 1. The first-order valence-electron chi connectivity index (χ1n) is 5.99. The molecule has 0 heterocycles. The standard InChI is InChI=1S/C13H18FNO3/c1-2-7-18-8-3-6-15-13(17)11-9-10(14)4-5-12(11)16/h4-5,9,16H,2-3,6-8H2,1H3,(H,15,17). The summed E-state index contributed by atoms with van der Waals surface area (Å²) < 4.78 is 18.2. The minimum absolute atomic E-state index is 0.0514. The molecule has 18 heavy (non-hydrogen) atoms. The van der Waals surface area contributed by atoms with E-state index in [0.29, 0.717) is 26.2 Å². The van der Waals surface area contributed by atoms with Gasteiger partial charge in [0.1, 0.15) is 11.6 Å². The SMILES string of the molecule is CCCOCCCNC(=O)c1cc(F)ccc1O. The van der Waals surface area contributed by atoms with E-state index in [-0.39, 0.29) is 11.3 Å². The van der Waals surface area contributed by atoms with Crippen LogP contribution in [-0.4, -0.2) is 30.8 Å². The van der Waals surface area contributed by atoms with Crippen LogP contribution in [0.25, 0.3) is 0 Å². The zero-order valence-electron chi connectivity index (χ0n) is 10.4. The Hall–Kier alpha value is -1.62. The lowest BCUT2D eigenvalue weighted by Gasteiger charge is -2.07. The molecule has 0 saturated carbocycles. The lowest BCUT2D eigenvalue weighted by Crippen LogP contribution is -2.25. The molecule has 0 fully saturated rings. The average molecular weight is 255 g/mol. The maximum atomic E-state index is 12.9. The number of hydrogen-bond donors (Lipinski definition) is 2. The molecule has 0 saturated heterocycles. The molecule has 100 valence electrons. The summed E-state index contributed by atoms with van der Waals surface area (Å²) in [6, 6.07) is 3.28. The van der Waals surface area contributed by atoms with Crippen molar-refractivity contribution in [3.63, 3.8) is 0 Å². The van der Waals surface area contributed by atoms with Gasteiger partial charge >= 0.3 is 0 Å². The van der Waals surface area contributed by atoms with E-state index in [4.69, 9.17) is 4.74 Å². The van der Waals surface area contributed by atoms with Crippen LogP contribution in [-0.2, 0) is 4.74 Å². The fourth-order valence-electron chi connectivity index (χ4n) is 1.41. The van der Waals surface area contributed by atoms with Crippen LogP contribution in [0.5, 0.6) is 5.75 Å². The van der Waals surface area contributed by atoms with Crippen LogP contribution < -0.4 is 5.32 Å². The summed E-state index contributed by atoms with van der Waals surface area (Å²) in [5, 5.41) is 12.0. The molecule has 0 unspecified atom stereocenters. The fraction of sp³-hybridized carbons (Fsp3) is 0.462. The van der Waals surface area contributed by atoms with Crippen molar-refractivity contribution < 1.29 is 19.0 Å². The summed E-state index contributed by atoms with van der Waals surface area (Å²) in [5.41, 5.74) is -0.0514. The van der Waals surface area contributed by atoms with Crippen LogP contribution in [0.15, 0.2) is 18.2 Å². The maximum absolute atomic E-state index is 12.9. The van der Waals surface area contributed by atoms with E-state index in [1.807, 2.05) is 6.92 Å². The minimum atomic E-state index is -0.552. The van der Waals surface area contributed by atoms with Gasteiger partial charge in [0, 0.05) is 19.8 Å². The number of phenols is 1. The predicted octanol–water partition coefficient (Wildman–Crippen LogP) is 2.08. The number of aromatic hydroxyl groups is 1. The lowest BCUT2D eigenvalue weighted by molar-refractivity contribution is 0.0938. The van der Waals surface area contributed by atoms with Crippen LogP contribution >= 0.6 is 0 Å². The highest BCUT2D eigenvalue weighted by atomic mass is 19.1. The Balaban J connectivity index is 2.34. The number of nitrogens with one attached hydrogen (secondary N) is 1. The van der Waals surface area contributed by atoms with Gasteiger partial charge in [-0.25, -0.2) is 4.39 Å². The second-order valence-electron chi connectivity index (χ2n) is 3.88. The zero-order chi connectivity index (χ0) is 13.4. The molecule has 0 spiro atoms. The lowest BCUT2D eigenvalue weighted by atomic mass is 10.2. The van der Waals surface area contributed by atoms with E-state index in [1.165, 1.54) is 0 Å². The van der Waals surface area contributed by atoms with Crippen LogP contribution in [0.1, 0.15) is 30.1 Å². The van der Waals surface area contributed by atoms with Crippen molar-refractivity contribution in [3.05, 3.63) is 29.6 Å². The van der Waals surface area contributed by atoms with Gasteiger partial charge in [0.05, 0.1) is 5.56 Å². The Morgan fingerprint density at radius 2 is 2.22 bits per heavy atom. The molecule has 1 aromatic rings. The molecule has 2 N–H and O–H groups in total. The first-order valence-corrected chi connectivity index (χ1v) is 5.99. The Kier molecular flexibility index (Phi) is 6.14. The van der Waals surface area contributed by atoms with Crippen LogP contribution in [0, 0.1) is 5.82 Å². The van der Waals surface area contributed by atoms with Gasteiger partial charge in [0.2, 0.25) is 0 Å². The molecule has 0 aliphatic rings. The van der Waals surface area contributed by atoms with Gasteiger partial charge in [-0.15, -0.1) is 0 Å². The normalized spacial score (nSPS) is 10.3. The third kappa shape index (κ3) is 4.71.